The van der Waals surface area contributed by atoms with E-state index in [0.717, 1.165) is 24.3 Å². The van der Waals surface area contributed by atoms with Crippen LogP contribution in [0, 0.1) is 0 Å². The van der Waals surface area contributed by atoms with E-state index < -0.39 is 38.2 Å². The molecule has 1 heterocycles. The summed E-state index contributed by atoms with van der Waals surface area (Å²) in [6.07, 6.45) is 0. The second-order valence-corrected chi connectivity index (χ2v) is 8.69. The molecule has 0 N–H and O–H groups in total. The molecule has 6 heteroatoms. The van der Waals surface area contributed by atoms with Gasteiger partial charge in [-0.2, -0.15) is 0 Å². The number of rotatable bonds is 0. The maximum atomic E-state index is 14.4. The lowest BCUT2D eigenvalue weighted by Crippen LogP contribution is -2.76. The van der Waals surface area contributed by atoms with Crippen molar-refractivity contribution >= 4 is 38.2 Å². The Hall–Kier alpha value is -1.41. The Bertz CT molecular complexity index is 519. The minimum absolute atomic E-state index is 0.416. The Balaban J connectivity index is 2.41. The zero-order valence-corrected chi connectivity index (χ0v) is 11.1. The molecule has 1 aliphatic heterocycles. The van der Waals surface area contributed by atoms with Gasteiger partial charge in [0.05, 0.1) is 0 Å². The zero-order chi connectivity index (χ0) is 13.0. The minimum atomic E-state index is -4.97. The van der Waals surface area contributed by atoms with E-state index in [9.17, 15) is 16.4 Å². The summed E-state index contributed by atoms with van der Waals surface area (Å²) in [5.41, 5.74) is 0. The summed E-state index contributed by atoms with van der Waals surface area (Å²) < 4.78 is 57.4. The van der Waals surface area contributed by atoms with Crippen molar-refractivity contribution in [2.75, 3.05) is 0 Å². The molecule has 0 aromatic heterocycles. The molecule has 0 saturated carbocycles. The summed E-state index contributed by atoms with van der Waals surface area (Å²) in [5.74, 6) is 0. The van der Waals surface area contributed by atoms with Crippen molar-refractivity contribution in [1.82, 2.24) is 0 Å². The Morgan fingerprint density at radius 1 is 0.500 bits per heavy atom. The lowest BCUT2D eigenvalue weighted by Gasteiger charge is -2.29. The molecule has 0 atom stereocenters. The second-order valence-electron chi connectivity index (χ2n) is 4.24. The standard InChI is InChI=1S/C12H8F4Si2/c13-17(14)9-5-1-2-6-10(9)18(15,16)12-8-4-3-7-11(12)17/h1-8H. The largest absolute Gasteiger partial charge is 0.487 e. The lowest BCUT2D eigenvalue weighted by molar-refractivity contribution is 0.637. The van der Waals surface area contributed by atoms with Crippen LogP contribution in [0.4, 0.5) is 16.4 Å². The van der Waals surface area contributed by atoms with Crippen molar-refractivity contribution in [2.24, 2.45) is 0 Å². The Morgan fingerprint density at radius 2 is 0.722 bits per heavy atom. The highest BCUT2D eigenvalue weighted by molar-refractivity contribution is 7.08. The zero-order valence-electron chi connectivity index (χ0n) is 9.13. The third kappa shape index (κ3) is 1.36. The Morgan fingerprint density at radius 3 is 0.944 bits per heavy atom. The predicted molar refractivity (Wildman–Crippen MR) is 67.4 cm³/mol. The molecule has 0 saturated heterocycles. The molecule has 0 fully saturated rings. The third-order valence-electron chi connectivity index (χ3n) is 3.21. The Kier molecular flexibility index (Phi) is 2.30. The van der Waals surface area contributed by atoms with Gasteiger partial charge >= 0.3 is 17.5 Å². The van der Waals surface area contributed by atoms with Crippen molar-refractivity contribution in [2.45, 2.75) is 0 Å². The quantitative estimate of drug-likeness (QED) is 0.384. The molecule has 0 radical (unpaired) electrons. The van der Waals surface area contributed by atoms with E-state index in [2.05, 4.69) is 0 Å². The van der Waals surface area contributed by atoms with E-state index in [0.29, 0.717) is 0 Å². The van der Waals surface area contributed by atoms with Crippen LogP contribution in [0.3, 0.4) is 0 Å². The third-order valence-corrected chi connectivity index (χ3v) is 8.16. The first-order chi connectivity index (χ1) is 8.45. The van der Waals surface area contributed by atoms with Gasteiger partial charge in [0, 0.05) is 20.7 Å². The second kappa shape index (κ2) is 3.55. The average Bonchev–Trinajstić information content (AvgIpc) is 2.37. The Labute approximate surface area is 104 Å². The van der Waals surface area contributed by atoms with E-state index in [1.807, 2.05) is 0 Å². The molecule has 2 aromatic rings. The highest BCUT2D eigenvalue weighted by Crippen LogP contribution is 2.18. The molecule has 0 unspecified atom stereocenters. The molecule has 0 bridgehead atoms. The van der Waals surface area contributed by atoms with Crippen molar-refractivity contribution in [3.8, 4) is 0 Å². The molecule has 3 rings (SSSR count). The van der Waals surface area contributed by atoms with Gasteiger partial charge in [-0.3, -0.25) is 16.4 Å². The van der Waals surface area contributed by atoms with E-state index in [4.69, 9.17) is 0 Å². The first-order valence-corrected chi connectivity index (χ1v) is 8.92. The minimum Gasteiger partial charge on any atom is -0.260 e. The van der Waals surface area contributed by atoms with Gasteiger partial charge in [-0.1, -0.05) is 48.5 Å². The van der Waals surface area contributed by atoms with Crippen molar-refractivity contribution in [3.63, 3.8) is 0 Å². The topological polar surface area (TPSA) is 0 Å². The van der Waals surface area contributed by atoms with Gasteiger partial charge in [0.25, 0.3) is 0 Å². The fraction of sp³-hybridized carbons (Fsp3) is 0. The molecule has 92 valence electrons. The highest BCUT2D eigenvalue weighted by atomic mass is 28.4. The van der Waals surface area contributed by atoms with Gasteiger partial charge in [0.1, 0.15) is 0 Å². The summed E-state index contributed by atoms with van der Waals surface area (Å²) in [6.45, 7) is 0. The fourth-order valence-electron chi connectivity index (χ4n) is 2.35. The highest BCUT2D eigenvalue weighted by Gasteiger charge is 2.58. The molecule has 1 aliphatic rings. The fourth-order valence-corrected chi connectivity index (χ4v) is 7.72. The first kappa shape index (κ1) is 11.7. The molecular weight excluding hydrogens is 276 g/mol. The maximum Gasteiger partial charge on any atom is 0.487 e. The molecule has 0 spiro atoms. The van der Waals surface area contributed by atoms with Crippen LogP contribution in [0.1, 0.15) is 0 Å². The van der Waals surface area contributed by atoms with Crippen LogP contribution < -0.4 is 20.7 Å². The molecule has 0 nitrogen and oxygen atoms in total. The SMILES string of the molecule is F[Si]1(F)c2ccccc2[Si](F)(F)c2ccccc21. The van der Waals surface area contributed by atoms with Crippen LogP contribution in [0.15, 0.2) is 48.5 Å². The van der Waals surface area contributed by atoms with Crippen molar-refractivity contribution < 1.29 is 16.4 Å². The maximum absolute atomic E-state index is 14.4. The number of halogens is 4. The van der Waals surface area contributed by atoms with Crippen LogP contribution in [0.5, 0.6) is 0 Å². The van der Waals surface area contributed by atoms with Gasteiger partial charge < -0.3 is 0 Å². The van der Waals surface area contributed by atoms with Crippen LogP contribution >= 0.6 is 0 Å². The average molecular weight is 284 g/mol. The smallest absolute Gasteiger partial charge is 0.260 e. The van der Waals surface area contributed by atoms with E-state index >= 15 is 0 Å². The molecule has 0 amide bonds. The molecule has 2 aromatic carbocycles. The normalized spacial score (nSPS) is 18.9. The predicted octanol–water partition coefficient (Wildman–Crippen LogP) is 0.991. The van der Waals surface area contributed by atoms with Gasteiger partial charge in [0.2, 0.25) is 0 Å². The van der Waals surface area contributed by atoms with E-state index in [1.54, 1.807) is 0 Å². The van der Waals surface area contributed by atoms with Gasteiger partial charge in [-0.15, -0.1) is 0 Å². The van der Waals surface area contributed by atoms with Crippen LogP contribution in [0.2, 0.25) is 0 Å². The monoisotopic (exact) mass is 284 g/mol. The van der Waals surface area contributed by atoms with Crippen LogP contribution in [-0.2, 0) is 0 Å². The molecule has 0 aliphatic carbocycles. The van der Waals surface area contributed by atoms with Crippen molar-refractivity contribution in [3.05, 3.63) is 48.5 Å². The van der Waals surface area contributed by atoms with E-state index in [-0.39, 0.29) is 0 Å². The van der Waals surface area contributed by atoms with Crippen LogP contribution in [0.25, 0.3) is 0 Å². The number of benzene rings is 2. The van der Waals surface area contributed by atoms with Gasteiger partial charge in [-0.05, 0) is 0 Å². The molecular formula is C12H8F4Si2. The summed E-state index contributed by atoms with van der Waals surface area (Å²) >= 11 is 0. The number of fused-ring (bicyclic) bond motifs is 2. The molecule has 18 heavy (non-hydrogen) atoms. The lowest BCUT2D eigenvalue weighted by atomic mass is 10.3. The number of hydrogen-bond donors (Lipinski definition) is 0. The van der Waals surface area contributed by atoms with E-state index in [1.165, 1.54) is 24.3 Å². The summed E-state index contributed by atoms with van der Waals surface area (Å²) in [6, 6.07) is 10.2. The summed E-state index contributed by atoms with van der Waals surface area (Å²) in [5, 5.41) is -1.67. The van der Waals surface area contributed by atoms with Crippen LogP contribution in [-0.4, -0.2) is 17.5 Å². The number of hydrogen-bond acceptors (Lipinski definition) is 0. The van der Waals surface area contributed by atoms with Crippen molar-refractivity contribution in [1.29, 1.82) is 0 Å². The van der Waals surface area contributed by atoms with Gasteiger partial charge in [0.15, 0.2) is 0 Å². The van der Waals surface area contributed by atoms with Gasteiger partial charge in [-0.25, -0.2) is 0 Å². The summed E-state index contributed by atoms with van der Waals surface area (Å²) in [7, 11) is -9.93. The first-order valence-electron chi connectivity index (χ1n) is 5.41. The summed E-state index contributed by atoms with van der Waals surface area (Å²) in [4.78, 5) is 0.